The molecule has 110 valence electrons. The molecule has 0 saturated carbocycles. The molecule has 0 aliphatic rings. The molecule has 0 heterocycles. The molecule has 0 aliphatic heterocycles. The van der Waals surface area contributed by atoms with Crippen LogP contribution in [0.1, 0.15) is 6.92 Å². The first-order chi connectivity index (χ1) is 9.32. The van der Waals surface area contributed by atoms with Gasteiger partial charge in [0.05, 0.1) is 17.3 Å². The fraction of sp³-hybridized carbons (Fsp3) is 0.429. The van der Waals surface area contributed by atoms with Gasteiger partial charge in [-0.2, -0.15) is 0 Å². The summed E-state index contributed by atoms with van der Waals surface area (Å²) in [7, 11) is 5.36. The summed E-state index contributed by atoms with van der Waals surface area (Å²) in [5, 5.41) is 11.6. The average Bonchev–Trinajstić information content (AvgIpc) is 2.38. The van der Waals surface area contributed by atoms with Crippen LogP contribution >= 0.6 is 0 Å². The summed E-state index contributed by atoms with van der Waals surface area (Å²) in [6.45, 7) is 1.73. The molecule has 0 aromatic heterocycles. The number of benzene rings is 1. The van der Waals surface area contributed by atoms with Crippen molar-refractivity contribution in [3.8, 4) is 0 Å². The zero-order chi connectivity index (χ0) is 15.3. The van der Waals surface area contributed by atoms with E-state index in [2.05, 4.69) is 5.32 Å². The van der Waals surface area contributed by atoms with E-state index in [0.29, 0.717) is 5.69 Å². The van der Waals surface area contributed by atoms with E-state index in [0.717, 1.165) is 5.69 Å². The Kier molecular flexibility index (Phi) is 5.37. The Labute approximate surface area is 119 Å². The van der Waals surface area contributed by atoms with Gasteiger partial charge in [0.25, 0.3) is 0 Å². The summed E-state index contributed by atoms with van der Waals surface area (Å²) < 4.78 is 0. The SMILES string of the molecule is CC(CN(C)C(=O)Nc1ccccc1N(C)C)C(=O)O. The Bertz CT molecular complexity index is 488. The molecule has 0 spiro atoms. The Balaban J connectivity index is 2.73. The van der Waals surface area contributed by atoms with E-state index >= 15 is 0 Å². The van der Waals surface area contributed by atoms with E-state index in [1.54, 1.807) is 14.0 Å². The second-order valence-corrected chi connectivity index (χ2v) is 4.96. The van der Waals surface area contributed by atoms with Crippen molar-refractivity contribution in [3.63, 3.8) is 0 Å². The molecule has 6 nitrogen and oxygen atoms in total. The van der Waals surface area contributed by atoms with Crippen LogP contribution < -0.4 is 10.2 Å². The molecule has 6 heteroatoms. The predicted molar refractivity (Wildman–Crippen MR) is 79.2 cm³/mol. The standard InChI is InChI=1S/C14H21N3O3/c1-10(13(18)19)9-17(4)14(20)15-11-7-5-6-8-12(11)16(2)3/h5-8,10H,9H2,1-4H3,(H,15,20)(H,18,19). The van der Waals surface area contributed by atoms with E-state index in [-0.39, 0.29) is 12.6 Å². The van der Waals surface area contributed by atoms with Gasteiger partial charge in [0.1, 0.15) is 0 Å². The van der Waals surface area contributed by atoms with Crippen molar-refractivity contribution in [1.29, 1.82) is 0 Å². The topological polar surface area (TPSA) is 72.9 Å². The van der Waals surface area contributed by atoms with Crippen molar-refractivity contribution in [2.45, 2.75) is 6.92 Å². The molecule has 0 bridgehead atoms. The average molecular weight is 279 g/mol. The Morgan fingerprint density at radius 1 is 1.25 bits per heavy atom. The first kappa shape index (κ1) is 15.8. The number of nitrogens with one attached hydrogen (secondary N) is 1. The van der Waals surface area contributed by atoms with Gasteiger partial charge in [0.2, 0.25) is 0 Å². The van der Waals surface area contributed by atoms with Gasteiger partial charge in [-0.15, -0.1) is 0 Å². The molecule has 2 N–H and O–H groups in total. The van der Waals surface area contributed by atoms with Crippen LogP contribution in [0.15, 0.2) is 24.3 Å². The van der Waals surface area contributed by atoms with Crippen LogP contribution in [0.4, 0.5) is 16.2 Å². The van der Waals surface area contributed by atoms with Crippen LogP contribution in [-0.2, 0) is 4.79 Å². The second-order valence-electron chi connectivity index (χ2n) is 4.96. The number of amides is 2. The lowest BCUT2D eigenvalue weighted by molar-refractivity contribution is -0.141. The molecule has 0 aliphatic carbocycles. The van der Waals surface area contributed by atoms with Crippen molar-refractivity contribution >= 4 is 23.4 Å². The van der Waals surface area contributed by atoms with Crippen LogP contribution in [0.5, 0.6) is 0 Å². The molecule has 1 unspecified atom stereocenters. The first-order valence-corrected chi connectivity index (χ1v) is 6.34. The lowest BCUT2D eigenvalue weighted by atomic mass is 10.2. The summed E-state index contributed by atoms with van der Waals surface area (Å²) >= 11 is 0. The van der Waals surface area contributed by atoms with E-state index in [4.69, 9.17) is 5.11 Å². The third kappa shape index (κ3) is 4.15. The molecular weight excluding hydrogens is 258 g/mol. The summed E-state index contributed by atoms with van der Waals surface area (Å²) in [4.78, 5) is 26.1. The zero-order valence-corrected chi connectivity index (χ0v) is 12.3. The summed E-state index contributed by atoms with van der Waals surface area (Å²) in [5.41, 5.74) is 1.58. The lowest BCUT2D eigenvalue weighted by Gasteiger charge is -2.22. The van der Waals surface area contributed by atoms with Crippen LogP contribution in [0, 0.1) is 5.92 Å². The van der Waals surface area contributed by atoms with Crippen molar-refractivity contribution in [2.75, 3.05) is 37.9 Å². The van der Waals surface area contributed by atoms with Crippen molar-refractivity contribution in [2.24, 2.45) is 5.92 Å². The number of hydrogen-bond acceptors (Lipinski definition) is 3. The highest BCUT2D eigenvalue weighted by atomic mass is 16.4. The van der Waals surface area contributed by atoms with E-state index in [1.807, 2.05) is 43.3 Å². The van der Waals surface area contributed by atoms with Gasteiger partial charge in [-0.3, -0.25) is 4.79 Å². The van der Waals surface area contributed by atoms with Crippen LogP contribution in [0.3, 0.4) is 0 Å². The van der Waals surface area contributed by atoms with Crippen molar-refractivity contribution in [3.05, 3.63) is 24.3 Å². The summed E-state index contributed by atoms with van der Waals surface area (Å²) in [6.07, 6.45) is 0. The number of rotatable bonds is 5. The maximum absolute atomic E-state index is 12.0. The molecule has 1 aromatic rings. The van der Waals surface area contributed by atoms with Gasteiger partial charge in [-0.05, 0) is 12.1 Å². The fourth-order valence-corrected chi connectivity index (χ4v) is 1.75. The quantitative estimate of drug-likeness (QED) is 0.864. The second kappa shape index (κ2) is 6.79. The number of hydrogen-bond donors (Lipinski definition) is 2. The number of aliphatic carboxylic acids is 1. The number of carbonyl (C=O) groups excluding carboxylic acids is 1. The van der Waals surface area contributed by atoms with Gasteiger partial charge in [0.15, 0.2) is 0 Å². The maximum Gasteiger partial charge on any atom is 0.321 e. The Hall–Kier alpha value is -2.24. The molecule has 0 saturated heterocycles. The maximum atomic E-state index is 12.0. The smallest absolute Gasteiger partial charge is 0.321 e. The summed E-state index contributed by atoms with van der Waals surface area (Å²) in [6, 6.07) is 7.10. The number of carbonyl (C=O) groups is 2. The van der Waals surface area contributed by atoms with Crippen molar-refractivity contribution < 1.29 is 14.7 Å². The largest absolute Gasteiger partial charge is 0.481 e. The number of urea groups is 1. The van der Waals surface area contributed by atoms with Gasteiger partial charge >= 0.3 is 12.0 Å². The van der Waals surface area contributed by atoms with E-state index in [1.165, 1.54) is 4.90 Å². The van der Waals surface area contributed by atoms with Crippen LogP contribution in [-0.4, -0.2) is 49.7 Å². The minimum atomic E-state index is -0.918. The highest BCUT2D eigenvalue weighted by Gasteiger charge is 2.18. The normalized spacial score (nSPS) is 11.6. The molecule has 1 aromatic carbocycles. The Morgan fingerprint density at radius 2 is 1.85 bits per heavy atom. The molecule has 1 rings (SSSR count). The first-order valence-electron chi connectivity index (χ1n) is 6.34. The number of nitrogens with zero attached hydrogens (tertiary/aromatic N) is 2. The zero-order valence-electron chi connectivity index (χ0n) is 12.3. The number of para-hydroxylation sites is 2. The minimum Gasteiger partial charge on any atom is -0.481 e. The van der Waals surface area contributed by atoms with Gasteiger partial charge < -0.3 is 20.2 Å². The highest BCUT2D eigenvalue weighted by Crippen LogP contribution is 2.23. The minimum absolute atomic E-state index is 0.158. The highest BCUT2D eigenvalue weighted by molar-refractivity contribution is 5.93. The lowest BCUT2D eigenvalue weighted by Crippen LogP contribution is -2.36. The predicted octanol–water partition coefficient (Wildman–Crippen LogP) is 1.94. The van der Waals surface area contributed by atoms with Gasteiger partial charge in [0, 0.05) is 27.7 Å². The Morgan fingerprint density at radius 3 is 2.40 bits per heavy atom. The van der Waals surface area contributed by atoms with Gasteiger partial charge in [-0.25, -0.2) is 4.79 Å². The van der Waals surface area contributed by atoms with Crippen LogP contribution in [0.25, 0.3) is 0 Å². The number of carboxylic acids is 1. The van der Waals surface area contributed by atoms with E-state index in [9.17, 15) is 9.59 Å². The number of carboxylic acid groups (broad SMARTS) is 1. The third-order valence-electron chi connectivity index (χ3n) is 2.94. The molecule has 0 fully saturated rings. The molecular formula is C14H21N3O3. The summed E-state index contributed by atoms with van der Waals surface area (Å²) in [5.74, 6) is -1.52. The molecule has 20 heavy (non-hydrogen) atoms. The molecule has 1 atom stereocenters. The molecule has 2 amide bonds. The molecule has 0 radical (unpaired) electrons. The van der Waals surface area contributed by atoms with E-state index < -0.39 is 11.9 Å². The fourth-order valence-electron chi connectivity index (χ4n) is 1.75. The van der Waals surface area contributed by atoms with Crippen LogP contribution in [0.2, 0.25) is 0 Å². The monoisotopic (exact) mass is 279 g/mol. The van der Waals surface area contributed by atoms with Gasteiger partial charge in [-0.1, -0.05) is 19.1 Å². The third-order valence-corrected chi connectivity index (χ3v) is 2.94. The number of anilines is 2. The van der Waals surface area contributed by atoms with Crippen molar-refractivity contribution in [1.82, 2.24) is 4.90 Å².